The van der Waals surface area contributed by atoms with Gasteiger partial charge in [-0.25, -0.2) is 4.98 Å². The third-order valence-corrected chi connectivity index (χ3v) is 6.49. The van der Waals surface area contributed by atoms with Crippen LogP contribution in [-0.2, 0) is 11.3 Å². The SMILES string of the molecule is C=CCNc1nc2ccccn2c(=O)c1C=C1SC(=S)N(Cc2ccc3c(c2)OCO3)C1=O. The Morgan fingerprint density at radius 2 is 2.06 bits per heavy atom. The van der Waals surface area contributed by atoms with Gasteiger partial charge in [-0.1, -0.05) is 42.2 Å². The average molecular weight is 479 g/mol. The van der Waals surface area contributed by atoms with E-state index in [1.165, 1.54) is 9.30 Å². The van der Waals surface area contributed by atoms with Gasteiger partial charge in [-0.05, 0) is 35.9 Å². The van der Waals surface area contributed by atoms with Crippen molar-refractivity contribution in [1.29, 1.82) is 0 Å². The van der Waals surface area contributed by atoms with Gasteiger partial charge in [0.15, 0.2) is 11.5 Å². The molecule has 2 aromatic heterocycles. The summed E-state index contributed by atoms with van der Waals surface area (Å²) in [5.41, 5.74) is 1.36. The van der Waals surface area contributed by atoms with Crippen LogP contribution in [0.25, 0.3) is 11.7 Å². The van der Waals surface area contributed by atoms with Crippen LogP contribution in [0.5, 0.6) is 11.5 Å². The molecule has 1 saturated heterocycles. The van der Waals surface area contributed by atoms with Gasteiger partial charge in [0.25, 0.3) is 11.5 Å². The highest BCUT2D eigenvalue weighted by atomic mass is 32.2. The lowest BCUT2D eigenvalue weighted by atomic mass is 10.2. The summed E-state index contributed by atoms with van der Waals surface area (Å²) in [4.78, 5) is 32.8. The van der Waals surface area contributed by atoms with E-state index in [0.717, 1.165) is 17.3 Å². The molecule has 33 heavy (non-hydrogen) atoms. The maximum absolute atomic E-state index is 13.2. The van der Waals surface area contributed by atoms with Gasteiger partial charge in [0.05, 0.1) is 17.0 Å². The number of anilines is 1. The number of aromatic nitrogens is 2. The maximum atomic E-state index is 13.2. The van der Waals surface area contributed by atoms with Gasteiger partial charge >= 0.3 is 0 Å². The predicted molar refractivity (Wildman–Crippen MR) is 131 cm³/mol. The number of carbonyl (C=O) groups is 1. The Bertz CT molecular complexity index is 1400. The summed E-state index contributed by atoms with van der Waals surface area (Å²) in [6, 6.07) is 10.8. The van der Waals surface area contributed by atoms with Gasteiger partial charge in [-0.3, -0.25) is 18.9 Å². The molecule has 2 aliphatic rings. The van der Waals surface area contributed by atoms with Crippen molar-refractivity contribution in [3.63, 3.8) is 0 Å². The first-order valence-corrected chi connectivity index (χ1v) is 11.3. The largest absolute Gasteiger partial charge is 0.454 e. The van der Waals surface area contributed by atoms with Crippen LogP contribution in [0, 0.1) is 0 Å². The number of ether oxygens (including phenoxy) is 2. The van der Waals surface area contributed by atoms with Crippen molar-refractivity contribution in [2.75, 3.05) is 18.7 Å². The first-order chi connectivity index (χ1) is 16.0. The second kappa shape index (κ2) is 8.72. The number of hydrogen-bond acceptors (Lipinski definition) is 8. The molecule has 166 valence electrons. The number of benzene rings is 1. The fourth-order valence-electron chi connectivity index (χ4n) is 3.53. The lowest BCUT2D eigenvalue weighted by molar-refractivity contribution is -0.122. The smallest absolute Gasteiger partial charge is 0.267 e. The Labute approximate surface area is 198 Å². The summed E-state index contributed by atoms with van der Waals surface area (Å²) in [5.74, 6) is 1.43. The molecule has 1 fully saturated rings. The average Bonchev–Trinajstić information content (AvgIpc) is 3.39. The van der Waals surface area contributed by atoms with Crippen LogP contribution < -0.4 is 20.3 Å². The fraction of sp³-hybridized carbons (Fsp3) is 0.130. The Kier molecular flexibility index (Phi) is 5.61. The molecule has 0 saturated carbocycles. The van der Waals surface area contributed by atoms with Crippen molar-refractivity contribution in [2.24, 2.45) is 0 Å². The molecule has 8 nitrogen and oxygen atoms in total. The number of nitrogens with one attached hydrogen (secondary N) is 1. The monoisotopic (exact) mass is 478 g/mol. The zero-order valence-corrected chi connectivity index (χ0v) is 18.9. The highest BCUT2D eigenvalue weighted by Crippen LogP contribution is 2.36. The molecule has 0 spiro atoms. The Morgan fingerprint density at radius 3 is 2.91 bits per heavy atom. The van der Waals surface area contributed by atoms with Crippen molar-refractivity contribution in [3.8, 4) is 11.5 Å². The van der Waals surface area contributed by atoms with Crippen LogP contribution in [0.3, 0.4) is 0 Å². The highest BCUT2D eigenvalue weighted by molar-refractivity contribution is 8.26. The van der Waals surface area contributed by atoms with E-state index in [1.807, 2.05) is 18.2 Å². The number of pyridine rings is 1. The fourth-order valence-corrected chi connectivity index (χ4v) is 4.76. The number of nitrogens with zero attached hydrogens (tertiary/aromatic N) is 3. The number of thioether (sulfide) groups is 1. The predicted octanol–water partition coefficient (Wildman–Crippen LogP) is 3.42. The van der Waals surface area contributed by atoms with Crippen molar-refractivity contribution < 1.29 is 14.3 Å². The zero-order valence-electron chi connectivity index (χ0n) is 17.3. The normalized spacial score (nSPS) is 16.1. The molecule has 1 N–H and O–H groups in total. The molecule has 10 heteroatoms. The Morgan fingerprint density at radius 1 is 1.21 bits per heavy atom. The molecule has 5 rings (SSSR count). The number of carbonyl (C=O) groups excluding carboxylic acids is 1. The first kappa shape index (κ1) is 21.2. The highest BCUT2D eigenvalue weighted by Gasteiger charge is 2.33. The van der Waals surface area contributed by atoms with E-state index in [4.69, 9.17) is 21.7 Å². The van der Waals surface area contributed by atoms with E-state index in [0.29, 0.717) is 38.7 Å². The molecule has 2 aliphatic heterocycles. The van der Waals surface area contributed by atoms with Crippen molar-refractivity contribution in [1.82, 2.24) is 14.3 Å². The third kappa shape index (κ3) is 3.98. The minimum Gasteiger partial charge on any atom is -0.454 e. The van der Waals surface area contributed by atoms with Crippen LogP contribution in [0.2, 0.25) is 0 Å². The van der Waals surface area contributed by atoms with Crippen molar-refractivity contribution in [3.05, 3.63) is 81.6 Å². The number of thiocarbonyl (C=S) groups is 1. The molecular formula is C23H18N4O4S2. The molecule has 4 heterocycles. The molecule has 0 radical (unpaired) electrons. The zero-order chi connectivity index (χ0) is 22.9. The Balaban J connectivity index is 1.49. The Hall–Kier alpha value is -3.63. The van der Waals surface area contributed by atoms with E-state index in [-0.39, 0.29) is 30.4 Å². The van der Waals surface area contributed by atoms with Gasteiger partial charge in [-0.2, -0.15) is 0 Å². The second-order valence-electron chi connectivity index (χ2n) is 7.23. The van der Waals surface area contributed by atoms with E-state index in [1.54, 1.807) is 36.5 Å². The summed E-state index contributed by atoms with van der Waals surface area (Å²) >= 11 is 6.62. The van der Waals surface area contributed by atoms with E-state index in [2.05, 4.69) is 16.9 Å². The molecule has 3 aromatic rings. The molecular weight excluding hydrogens is 460 g/mol. The molecule has 0 bridgehead atoms. The number of amides is 1. The number of hydrogen-bond donors (Lipinski definition) is 1. The molecule has 0 aliphatic carbocycles. The summed E-state index contributed by atoms with van der Waals surface area (Å²) in [6.07, 6.45) is 4.87. The van der Waals surface area contributed by atoms with Gasteiger partial charge < -0.3 is 14.8 Å². The van der Waals surface area contributed by atoms with E-state index >= 15 is 0 Å². The molecule has 0 atom stereocenters. The summed E-state index contributed by atoms with van der Waals surface area (Å²) in [7, 11) is 0. The van der Waals surface area contributed by atoms with Crippen LogP contribution in [0.1, 0.15) is 11.1 Å². The minimum absolute atomic E-state index is 0.181. The lowest BCUT2D eigenvalue weighted by Gasteiger charge is -2.14. The van der Waals surface area contributed by atoms with E-state index < -0.39 is 0 Å². The molecule has 1 amide bonds. The number of fused-ring (bicyclic) bond motifs is 2. The third-order valence-electron chi connectivity index (χ3n) is 5.11. The van der Waals surface area contributed by atoms with Crippen LogP contribution in [0.4, 0.5) is 5.82 Å². The quantitative estimate of drug-likeness (QED) is 0.328. The molecule has 0 unspecified atom stereocenters. The maximum Gasteiger partial charge on any atom is 0.267 e. The lowest BCUT2D eigenvalue weighted by Crippen LogP contribution is -2.27. The summed E-state index contributed by atoms with van der Waals surface area (Å²) < 4.78 is 12.6. The minimum atomic E-state index is -0.284. The topological polar surface area (TPSA) is 85.2 Å². The summed E-state index contributed by atoms with van der Waals surface area (Å²) in [5, 5.41) is 3.09. The van der Waals surface area contributed by atoms with Gasteiger partial charge in [0, 0.05) is 12.7 Å². The van der Waals surface area contributed by atoms with Crippen molar-refractivity contribution >= 4 is 51.7 Å². The van der Waals surface area contributed by atoms with Gasteiger partial charge in [0.1, 0.15) is 15.8 Å². The van der Waals surface area contributed by atoms with Gasteiger partial charge in [0.2, 0.25) is 6.79 Å². The van der Waals surface area contributed by atoms with Gasteiger partial charge in [-0.15, -0.1) is 6.58 Å². The second-order valence-corrected chi connectivity index (χ2v) is 8.91. The first-order valence-electron chi connectivity index (χ1n) is 10.0. The van der Waals surface area contributed by atoms with Crippen LogP contribution >= 0.6 is 24.0 Å². The van der Waals surface area contributed by atoms with E-state index in [9.17, 15) is 9.59 Å². The van der Waals surface area contributed by atoms with Crippen LogP contribution in [-0.4, -0.2) is 37.8 Å². The van der Waals surface area contributed by atoms with Crippen LogP contribution in [0.15, 0.2) is 64.9 Å². The molecule has 1 aromatic carbocycles. The summed E-state index contributed by atoms with van der Waals surface area (Å²) in [6.45, 7) is 4.58. The van der Waals surface area contributed by atoms with Crippen molar-refractivity contribution in [2.45, 2.75) is 6.54 Å². The number of rotatable bonds is 6. The standard InChI is InChI=1S/C23H18N4O4S2/c1-2-8-24-20-15(21(28)26-9-4-3-5-19(26)25-20)11-18-22(29)27(23(32)33-18)12-14-6-7-16-17(10-14)31-13-30-16/h2-7,9-11,24H,1,8,12-13H2.